The van der Waals surface area contributed by atoms with Crippen LogP contribution in [-0.4, -0.2) is 162 Å². The third kappa shape index (κ3) is 30.0. The van der Waals surface area contributed by atoms with Crippen molar-refractivity contribution in [3.63, 3.8) is 0 Å². The van der Waals surface area contributed by atoms with Crippen LogP contribution < -0.4 is 14.7 Å². The number of phosphoric acid groups is 1. The largest absolute Gasteiger partial charge is 0.524 e. The summed E-state index contributed by atoms with van der Waals surface area (Å²) in [6, 6.07) is 18.9. The number of rotatable bonds is 44. The average Bonchev–Trinajstić information content (AvgIpc) is 3.36. The van der Waals surface area contributed by atoms with E-state index in [0.717, 1.165) is 31.4 Å². The van der Waals surface area contributed by atoms with Crippen molar-refractivity contribution in [3.8, 4) is 5.75 Å². The molecule has 0 bridgehead atoms. The second-order valence-electron chi connectivity index (χ2n) is 16.3. The number of nitrogens with one attached hydrogen (secondary N) is 1. The van der Waals surface area contributed by atoms with Crippen LogP contribution >= 0.6 is 7.82 Å². The molecule has 0 radical (unpaired) electrons. The third-order valence-electron chi connectivity index (χ3n) is 10.2. The lowest BCUT2D eigenvalue weighted by atomic mass is 10.0. The van der Waals surface area contributed by atoms with Gasteiger partial charge >= 0.3 is 7.82 Å². The van der Waals surface area contributed by atoms with Crippen LogP contribution in [0.2, 0.25) is 0 Å². The minimum atomic E-state index is -4.72. The molecule has 23 heteroatoms. The molecule has 0 spiro atoms. The van der Waals surface area contributed by atoms with E-state index in [2.05, 4.69) is 20.1 Å². The number of ketones is 1. The lowest BCUT2D eigenvalue weighted by molar-refractivity contribution is -0.124. The third-order valence-corrected chi connectivity index (χ3v) is 12.5. The first-order valence-electron chi connectivity index (χ1n) is 24.2. The van der Waals surface area contributed by atoms with Gasteiger partial charge in [-0.25, -0.2) is 17.4 Å². The number of nitrogens with zero attached hydrogens (tertiary/aromatic N) is 3. The molecule has 404 valence electrons. The Morgan fingerprint density at radius 1 is 0.583 bits per heavy atom. The second-order valence-corrected chi connectivity index (χ2v) is 19.5. The van der Waals surface area contributed by atoms with Gasteiger partial charge in [-0.2, -0.15) is 10.2 Å². The molecule has 20 nitrogen and oxygen atoms in total. The lowest BCUT2D eigenvalue weighted by Gasteiger charge is -2.11. The number of hydrogen-bond donors (Lipinski definition) is 3. The number of anilines is 1. The summed E-state index contributed by atoms with van der Waals surface area (Å²) in [6.07, 6.45) is 2.65. The zero-order valence-corrected chi connectivity index (χ0v) is 43.3. The molecule has 0 aromatic heterocycles. The lowest BCUT2D eigenvalue weighted by Crippen LogP contribution is -2.25. The van der Waals surface area contributed by atoms with Crippen LogP contribution in [0, 0.1) is 0 Å². The maximum absolute atomic E-state index is 14.5. The zero-order chi connectivity index (χ0) is 52.1. The molecule has 0 heterocycles. The first kappa shape index (κ1) is 62.0. The zero-order valence-electron chi connectivity index (χ0n) is 41.6. The van der Waals surface area contributed by atoms with Crippen molar-refractivity contribution in [1.82, 2.24) is 5.32 Å². The van der Waals surface area contributed by atoms with Crippen LogP contribution in [0.1, 0.15) is 63.1 Å². The monoisotopic (exact) mass is 1060 g/mol. The van der Waals surface area contributed by atoms with Gasteiger partial charge in [-0.05, 0) is 85.5 Å². The van der Waals surface area contributed by atoms with Crippen molar-refractivity contribution in [2.45, 2.75) is 62.4 Å². The minimum Gasteiger partial charge on any atom is -0.404 e. The highest BCUT2D eigenvalue weighted by Crippen LogP contribution is 2.38. The van der Waals surface area contributed by atoms with E-state index >= 15 is 0 Å². The highest BCUT2D eigenvalue weighted by atomic mass is 32.2. The van der Waals surface area contributed by atoms with Crippen LogP contribution in [0.4, 0.5) is 21.5 Å². The molecule has 0 saturated carbocycles. The molecule has 0 aliphatic carbocycles. The summed E-state index contributed by atoms with van der Waals surface area (Å²) in [6.45, 7) is 6.80. The number of halogens is 1. The number of ether oxygens (including phenoxy) is 8. The molecule has 3 rings (SSSR count). The Labute approximate surface area is 423 Å². The van der Waals surface area contributed by atoms with Gasteiger partial charge < -0.3 is 52.6 Å². The molecule has 1 atom stereocenters. The molecular formula is C49H74FN4O16PS. The standard InChI is InChI=1S/C49H74FN4O16PS/c1-54(2)44-16-12-42(13-17-44)52-53-43-14-20-46(21-15-43)72(60,61)40-8-24-62-26-28-64-30-32-66-34-36-68-38-39-69-37-35-67-33-31-65-29-27-63-25-22-48(56)51-23-7-5-3-4-6-9-47(55)49(50)41-10-18-45(19-11-41)70-71(57,58)59/h10-21,49H,3-9,22-40H2,1-2H3,(H,51,56)(H2,57,58,59). The molecule has 0 saturated heterocycles. The van der Waals surface area contributed by atoms with E-state index in [9.17, 15) is 27.0 Å². The molecule has 3 aromatic rings. The Morgan fingerprint density at radius 2 is 1.01 bits per heavy atom. The number of carbonyl (C=O) groups excluding carboxylic acids is 2. The van der Waals surface area contributed by atoms with Gasteiger partial charge in [-0.1, -0.05) is 31.4 Å². The summed E-state index contributed by atoms with van der Waals surface area (Å²) < 4.78 is 99.2. The van der Waals surface area contributed by atoms with E-state index in [1.165, 1.54) is 24.3 Å². The van der Waals surface area contributed by atoms with E-state index in [0.29, 0.717) is 130 Å². The maximum Gasteiger partial charge on any atom is 0.524 e. The summed E-state index contributed by atoms with van der Waals surface area (Å²) in [7, 11) is -4.24. The number of azo groups is 1. The van der Waals surface area contributed by atoms with Crippen molar-refractivity contribution in [2.24, 2.45) is 10.2 Å². The van der Waals surface area contributed by atoms with Crippen LogP contribution in [0.5, 0.6) is 5.75 Å². The van der Waals surface area contributed by atoms with Gasteiger partial charge in [0.25, 0.3) is 0 Å². The second kappa shape index (κ2) is 37.4. The molecular weight excluding hydrogens is 983 g/mol. The average molecular weight is 1060 g/mol. The topological polar surface area (TPSA) is 249 Å². The smallest absolute Gasteiger partial charge is 0.404 e. The SMILES string of the molecule is CN(C)c1ccc(N=Nc2ccc(S(=O)(=O)CCCOCCOCCOCCOCCOCCOCCOCCOCCC(=O)NCCCCCCCC(=O)C(F)c3ccc(OP(=O)(O)O)cc3)cc2)cc1. The maximum atomic E-state index is 14.5. The molecule has 0 aliphatic rings. The first-order chi connectivity index (χ1) is 34.7. The fraction of sp³-hybridized carbons (Fsp3) is 0.592. The van der Waals surface area contributed by atoms with Crippen molar-refractivity contribution in [2.75, 3.05) is 137 Å². The first-order valence-corrected chi connectivity index (χ1v) is 27.3. The fourth-order valence-electron chi connectivity index (χ4n) is 6.35. The highest BCUT2D eigenvalue weighted by Gasteiger charge is 2.21. The number of benzene rings is 3. The fourth-order valence-corrected chi connectivity index (χ4v) is 8.03. The van der Waals surface area contributed by atoms with Crippen molar-refractivity contribution < 1.29 is 79.2 Å². The van der Waals surface area contributed by atoms with Crippen molar-refractivity contribution in [1.29, 1.82) is 0 Å². The number of amides is 1. The van der Waals surface area contributed by atoms with E-state index < -0.39 is 29.6 Å². The van der Waals surface area contributed by atoms with Gasteiger partial charge in [0.05, 0.1) is 121 Å². The molecule has 1 amide bonds. The van der Waals surface area contributed by atoms with Gasteiger partial charge in [0, 0.05) is 45.8 Å². The highest BCUT2D eigenvalue weighted by molar-refractivity contribution is 7.91. The predicted octanol–water partition coefficient (Wildman–Crippen LogP) is 7.06. The van der Waals surface area contributed by atoms with Crippen molar-refractivity contribution >= 4 is 46.4 Å². The van der Waals surface area contributed by atoms with E-state index in [-0.39, 0.29) is 47.3 Å². The number of phosphoric ester groups is 1. The van der Waals surface area contributed by atoms with Gasteiger partial charge in [-0.15, -0.1) is 0 Å². The molecule has 0 aliphatic heterocycles. The quantitative estimate of drug-likeness (QED) is 0.0291. The van der Waals surface area contributed by atoms with Crippen LogP contribution in [0.3, 0.4) is 0 Å². The van der Waals surface area contributed by atoms with Crippen LogP contribution in [0.25, 0.3) is 0 Å². The predicted molar refractivity (Wildman–Crippen MR) is 268 cm³/mol. The summed E-state index contributed by atoms with van der Waals surface area (Å²) in [5, 5.41) is 11.3. The summed E-state index contributed by atoms with van der Waals surface area (Å²) in [4.78, 5) is 44.1. The molecule has 0 fully saturated rings. The van der Waals surface area contributed by atoms with Crippen LogP contribution in [0.15, 0.2) is 87.9 Å². The van der Waals surface area contributed by atoms with E-state index in [1.807, 2.05) is 43.3 Å². The van der Waals surface area contributed by atoms with Gasteiger partial charge in [0.15, 0.2) is 21.8 Å². The van der Waals surface area contributed by atoms with Crippen molar-refractivity contribution in [3.05, 3.63) is 78.4 Å². The molecule has 3 N–H and O–H groups in total. The summed E-state index contributed by atoms with van der Waals surface area (Å²) in [5.41, 5.74) is 2.42. The molecule has 3 aromatic carbocycles. The number of unbranched alkanes of at least 4 members (excludes halogenated alkanes) is 4. The number of Topliss-reactive ketones (excluding diaryl/α,β-unsaturated/α-hetero) is 1. The number of hydrogen-bond acceptors (Lipinski definition) is 17. The Balaban J connectivity index is 0.977. The Bertz CT molecular complexity index is 2100. The number of carbonyl (C=O) groups is 2. The Hall–Kier alpha value is -4.29. The van der Waals surface area contributed by atoms with Gasteiger partial charge in [-0.3, -0.25) is 19.4 Å². The minimum absolute atomic E-state index is 0.0293. The molecule has 1 unspecified atom stereocenters. The summed E-state index contributed by atoms with van der Waals surface area (Å²) in [5.74, 6) is -0.804. The number of sulfone groups is 1. The normalized spacial score (nSPS) is 12.3. The Kier molecular flexibility index (Phi) is 32.2. The molecule has 72 heavy (non-hydrogen) atoms. The number of alkyl halides is 1. The van der Waals surface area contributed by atoms with Gasteiger partial charge in [0.1, 0.15) is 5.75 Å². The van der Waals surface area contributed by atoms with Gasteiger partial charge in [0.2, 0.25) is 5.91 Å². The van der Waals surface area contributed by atoms with Crippen LogP contribution in [-0.2, 0) is 61.9 Å². The van der Waals surface area contributed by atoms with E-state index in [4.69, 9.17) is 47.7 Å². The Morgan fingerprint density at radius 3 is 1.49 bits per heavy atom. The summed E-state index contributed by atoms with van der Waals surface area (Å²) >= 11 is 0. The van der Waals surface area contributed by atoms with E-state index in [1.54, 1.807) is 24.3 Å².